The van der Waals surface area contributed by atoms with Crippen LogP contribution in [0.3, 0.4) is 0 Å². The molecule has 0 saturated carbocycles. The third-order valence-electron chi connectivity index (χ3n) is 3.60. The maximum Gasteiger partial charge on any atom is 0.255 e. The van der Waals surface area contributed by atoms with Crippen LogP contribution in [0.1, 0.15) is 21.5 Å². The fourth-order valence-corrected chi connectivity index (χ4v) is 3.28. The van der Waals surface area contributed by atoms with Gasteiger partial charge in [0.25, 0.3) is 5.91 Å². The van der Waals surface area contributed by atoms with Crippen molar-refractivity contribution >= 4 is 33.2 Å². The van der Waals surface area contributed by atoms with Gasteiger partial charge in [0, 0.05) is 10.6 Å². The van der Waals surface area contributed by atoms with E-state index >= 15 is 0 Å². The molecule has 0 aliphatic heterocycles. The Morgan fingerprint density at radius 2 is 1.88 bits per heavy atom. The molecular weight excluding hydrogens is 352 g/mol. The Hall–Kier alpha value is -2.09. The molecule has 0 aliphatic carbocycles. The van der Waals surface area contributed by atoms with Crippen LogP contribution in [-0.4, -0.2) is 21.4 Å². The van der Waals surface area contributed by atoms with Crippen LogP contribution in [0.2, 0.25) is 5.02 Å². The van der Waals surface area contributed by atoms with E-state index in [-0.39, 0.29) is 10.5 Å². The molecule has 2 rings (SSSR count). The molecule has 0 bridgehead atoms. The van der Waals surface area contributed by atoms with E-state index in [0.29, 0.717) is 27.6 Å². The number of halogens is 1. The maximum absolute atomic E-state index is 12.5. The van der Waals surface area contributed by atoms with Crippen LogP contribution in [0.15, 0.2) is 35.2 Å². The third kappa shape index (κ3) is 3.87. The highest BCUT2D eigenvalue weighted by Crippen LogP contribution is 2.28. The first-order chi connectivity index (χ1) is 11.1. The highest BCUT2D eigenvalue weighted by molar-refractivity contribution is 7.89. The van der Waals surface area contributed by atoms with Crippen LogP contribution in [-0.2, 0) is 10.0 Å². The number of anilines is 1. The number of methoxy groups -OCH3 is 1. The summed E-state index contributed by atoms with van der Waals surface area (Å²) in [5, 5.41) is 8.30. The normalized spacial score (nSPS) is 11.2. The zero-order chi connectivity index (χ0) is 18.1. The minimum atomic E-state index is -3.93. The molecule has 1 amide bonds. The fraction of sp³-hybridized carbons (Fsp3) is 0.188. The molecule has 6 nitrogen and oxygen atoms in total. The average Bonchev–Trinajstić information content (AvgIpc) is 2.48. The van der Waals surface area contributed by atoms with Crippen LogP contribution in [0, 0.1) is 13.8 Å². The quantitative estimate of drug-likeness (QED) is 0.866. The number of benzene rings is 2. The Morgan fingerprint density at radius 3 is 2.46 bits per heavy atom. The van der Waals surface area contributed by atoms with Gasteiger partial charge in [0.2, 0.25) is 10.0 Å². The predicted octanol–water partition coefficient (Wildman–Crippen LogP) is 2.87. The minimum absolute atomic E-state index is 0.0780. The van der Waals surface area contributed by atoms with Gasteiger partial charge in [-0.05, 0) is 55.3 Å². The number of sulfonamides is 1. The summed E-state index contributed by atoms with van der Waals surface area (Å²) in [6, 6.07) is 7.64. The van der Waals surface area contributed by atoms with E-state index in [1.807, 2.05) is 0 Å². The lowest BCUT2D eigenvalue weighted by atomic mass is 10.1. The first kappa shape index (κ1) is 18.3. The number of hydrogen-bond acceptors (Lipinski definition) is 4. The van der Waals surface area contributed by atoms with Crippen molar-refractivity contribution in [3.05, 3.63) is 52.0 Å². The number of aryl methyl sites for hydroxylation is 1. The zero-order valence-electron chi connectivity index (χ0n) is 13.4. The number of carbonyl (C=O) groups excluding carboxylic acids is 1. The molecule has 0 aliphatic rings. The molecule has 128 valence electrons. The third-order valence-corrected chi connectivity index (χ3v) is 4.87. The van der Waals surface area contributed by atoms with Gasteiger partial charge in [-0.15, -0.1) is 0 Å². The van der Waals surface area contributed by atoms with Crippen LogP contribution in [0.25, 0.3) is 0 Å². The molecule has 0 aromatic heterocycles. The van der Waals surface area contributed by atoms with Crippen molar-refractivity contribution in [2.45, 2.75) is 18.7 Å². The standard InChI is InChI=1S/C16H17ClN2O4S/c1-9-6-11(7-15(10(9)2)24(18,21)22)16(20)19-13-8-12(17)4-5-14(13)23-3/h4-8H,1-3H3,(H,19,20)(H2,18,21,22). The molecule has 0 fully saturated rings. The molecule has 8 heteroatoms. The molecule has 0 unspecified atom stereocenters. The van der Waals surface area contributed by atoms with E-state index in [4.69, 9.17) is 21.5 Å². The van der Waals surface area contributed by atoms with Crippen molar-refractivity contribution < 1.29 is 17.9 Å². The molecular formula is C16H17ClN2O4S. The second-order valence-electron chi connectivity index (χ2n) is 5.26. The van der Waals surface area contributed by atoms with E-state index < -0.39 is 15.9 Å². The Balaban J connectivity index is 2.45. The number of rotatable bonds is 4. The minimum Gasteiger partial charge on any atom is -0.495 e. The number of carbonyl (C=O) groups is 1. The van der Waals surface area contributed by atoms with Crippen LogP contribution in [0.5, 0.6) is 5.75 Å². The summed E-state index contributed by atoms with van der Waals surface area (Å²) in [5.74, 6) is -0.0631. The first-order valence-electron chi connectivity index (χ1n) is 6.92. The molecule has 2 aromatic carbocycles. The highest BCUT2D eigenvalue weighted by Gasteiger charge is 2.18. The van der Waals surface area contributed by atoms with Gasteiger partial charge in [-0.1, -0.05) is 11.6 Å². The first-order valence-corrected chi connectivity index (χ1v) is 8.85. The van der Waals surface area contributed by atoms with Gasteiger partial charge < -0.3 is 10.1 Å². The second kappa shape index (κ2) is 6.80. The van der Waals surface area contributed by atoms with Crippen LogP contribution >= 0.6 is 11.6 Å². The van der Waals surface area contributed by atoms with E-state index in [1.165, 1.54) is 13.2 Å². The van der Waals surface area contributed by atoms with E-state index in [2.05, 4.69) is 5.32 Å². The van der Waals surface area contributed by atoms with Crippen molar-refractivity contribution in [2.75, 3.05) is 12.4 Å². The van der Waals surface area contributed by atoms with Gasteiger partial charge in [-0.2, -0.15) is 0 Å². The Labute approximate surface area is 145 Å². The van der Waals surface area contributed by atoms with Crippen molar-refractivity contribution in [3.63, 3.8) is 0 Å². The van der Waals surface area contributed by atoms with E-state index in [0.717, 1.165) is 0 Å². The van der Waals surface area contributed by atoms with Gasteiger partial charge in [0.15, 0.2) is 0 Å². The monoisotopic (exact) mass is 368 g/mol. The van der Waals surface area contributed by atoms with Crippen molar-refractivity contribution in [1.82, 2.24) is 0 Å². The molecule has 3 N–H and O–H groups in total. The summed E-state index contributed by atoms with van der Waals surface area (Å²) in [6.45, 7) is 3.34. The van der Waals surface area contributed by atoms with Gasteiger partial charge >= 0.3 is 0 Å². The lowest BCUT2D eigenvalue weighted by molar-refractivity contribution is 0.102. The Morgan fingerprint density at radius 1 is 1.21 bits per heavy atom. The van der Waals surface area contributed by atoms with Gasteiger partial charge in [-0.3, -0.25) is 4.79 Å². The number of primary sulfonamides is 1. The topological polar surface area (TPSA) is 98.5 Å². The summed E-state index contributed by atoms with van der Waals surface area (Å²) >= 11 is 5.93. The molecule has 0 spiro atoms. The lowest BCUT2D eigenvalue weighted by Gasteiger charge is -2.13. The van der Waals surface area contributed by atoms with Crippen molar-refractivity contribution in [3.8, 4) is 5.75 Å². The second-order valence-corrected chi connectivity index (χ2v) is 7.23. The molecule has 24 heavy (non-hydrogen) atoms. The SMILES string of the molecule is COc1ccc(Cl)cc1NC(=O)c1cc(C)c(C)c(S(N)(=O)=O)c1. The Kier molecular flexibility index (Phi) is 5.17. The summed E-state index contributed by atoms with van der Waals surface area (Å²) in [6.07, 6.45) is 0. The smallest absolute Gasteiger partial charge is 0.255 e. The van der Waals surface area contributed by atoms with Crippen molar-refractivity contribution in [1.29, 1.82) is 0 Å². The summed E-state index contributed by atoms with van der Waals surface area (Å²) in [5.41, 5.74) is 1.70. The van der Waals surface area contributed by atoms with Gasteiger partial charge in [0.05, 0.1) is 17.7 Å². The van der Waals surface area contributed by atoms with Crippen molar-refractivity contribution in [2.24, 2.45) is 5.14 Å². The number of nitrogens with one attached hydrogen (secondary N) is 1. The maximum atomic E-state index is 12.5. The number of ether oxygens (including phenoxy) is 1. The molecule has 0 heterocycles. The summed E-state index contributed by atoms with van der Waals surface area (Å²) in [4.78, 5) is 12.4. The number of hydrogen-bond donors (Lipinski definition) is 2. The Bertz CT molecular complexity index is 911. The van der Waals surface area contributed by atoms with E-state index in [1.54, 1.807) is 38.1 Å². The zero-order valence-corrected chi connectivity index (χ0v) is 15.0. The predicted molar refractivity (Wildman–Crippen MR) is 93.2 cm³/mol. The van der Waals surface area contributed by atoms with Gasteiger partial charge in [0.1, 0.15) is 5.75 Å². The number of amides is 1. The van der Waals surface area contributed by atoms with Crippen LogP contribution in [0.4, 0.5) is 5.69 Å². The number of nitrogens with two attached hydrogens (primary N) is 1. The molecule has 2 aromatic rings. The van der Waals surface area contributed by atoms with Crippen LogP contribution < -0.4 is 15.2 Å². The molecule has 0 radical (unpaired) electrons. The molecule has 0 saturated heterocycles. The van der Waals surface area contributed by atoms with E-state index in [9.17, 15) is 13.2 Å². The highest BCUT2D eigenvalue weighted by atomic mass is 35.5. The lowest BCUT2D eigenvalue weighted by Crippen LogP contribution is -2.18. The summed E-state index contributed by atoms with van der Waals surface area (Å²) in [7, 11) is -2.46. The molecule has 0 atom stereocenters. The fourth-order valence-electron chi connectivity index (χ4n) is 2.23. The average molecular weight is 369 g/mol. The largest absolute Gasteiger partial charge is 0.495 e. The summed E-state index contributed by atoms with van der Waals surface area (Å²) < 4.78 is 28.6. The van der Waals surface area contributed by atoms with Gasteiger partial charge in [-0.25, -0.2) is 13.6 Å².